The highest BCUT2D eigenvalue weighted by atomic mass is 16.5. The molecule has 0 unspecified atom stereocenters. The molecule has 0 radical (unpaired) electrons. The van der Waals surface area contributed by atoms with Crippen molar-refractivity contribution in [3.05, 3.63) is 11.4 Å². The van der Waals surface area contributed by atoms with E-state index in [1.165, 1.54) is 6.08 Å². The summed E-state index contributed by atoms with van der Waals surface area (Å²) < 4.78 is 4.82. The van der Waals surface area contributed by atoms with Gasteiger partial charge in [-0.2, -0.15) is 4.99 Å². The van der Waals surface area contributed by atoms with E-state index in [-0.39, 0.29) is 12.3 Å². The maximum absolute atomic E-state index is 11.5. The minimum Gasteiger partial charge on any atom is -0.461 e. The van der Waals surface area contributed by atoms with Gasteiger partial charge in [0.1, 0.15) is 0 Å². The zero-order valence-corrected chi connectivity index (χ0v) is 8.95. The van der Waals surface area contributed by atoms with Crippen molar-refractivity contribution < 1.29 is 14.3 Å². The molecule has 0 aromatic carbocycles. The number of esters is 1. The van der Waals surface area contributed by atoms with Gasteiger partial charge in [0.25, 0.3) is 0 Å². The van der Waals surface area contributed by atoms with E-state index in [4.69, 9.17) is 4.74 Å². The van der Waals surface area contributed by atoms with Crippen LogP contribution in [-0.4, -0.2) is 37.1 Å². The summed E-state index contributed by atoms with van der Waals surface area (Å²) in [6.45, 7) is 2.85. The topological polar surface area (TPSA) is 59.0 Å². The molecular weight excluding hydrogens is 196 g/mol. The number of isocyanates is 1. The molecule has 1 aliphatic rings. The van der Waals surface area contributed by atoms with Gasteiger partial charge in [-0.15, -0.1) is 0 Å². The molecule has 1 aliphatic heterocycles. The van der Waals surface area contributed by atoms with Gasteiger partial charge < -0.3 is 9.64 Å². The van der Waals surface area contributed by atoms with E-state index >= 15 is 0 Å². The molecule has 0 saturated carbocycles. The minimum absolute atomic E-state index is 0.0897. The Kier molecular flexibility index (Phi) is 4.06. The third kappa shape index (κ3) is 2.67. The molecule has 1 fully saturated rings. The van der Waals surface area contributed by atoms with Gasteiger partial charge in [0, 0.05) is 19.3 Å². The Labute approximate surface area is 88.4 Å². The van der Waals surface area contributed by atoms with E-state index < -0.39 is 5.97 Å². The fourth-order valence-corrected chi connectivity index (χ4v) is 1.58. The number of likely N-dealkylation sites (tertiary alicyclic amines) is 1. The number of nitrogens with zero attached hydrogens (tertiary/aromatic N) is 2. The average Bonchev–Trinajstić information content (AvgIpc) is 2.61. The smallest absolute Gasteiger partial charge is 0.359 e. The summed E-state index contributed by atoms with van der Waals surface area (Å²) in [4.78, 5) is 27.1. The van der Waals surface area contributed by atoms with Gasteiger partial charge >= 0.3 is 5.97 Å². The lowest BCUT2D eigenvalue weighted by Crippen LogP contribution is -2.16. The van der Waals surface area contributed by atoms with Crippen LogP contribution in [0.1, 0.15) is 19.8 Å². The molecule has 1 heterocycles. The second kappa shape index (κ2) is 5.32. The van der Waals surface area contributed by atoms with E-state index in [1.807, 2.05) is 11.9 Å². The lowest BCUT2D eigenvalue weighted by Gasteiger charge is -2.14. The highest BCUT2D eigenvalue weighted by Crippen LogP contribution is 2.23. The number of hydrogen-bond acceptors (Lipinski definition) is 5. The number of carbonyl (C=O) groups excluding carboxylic acids is 2. The van der Waals surface area contributed by atoms with Crippen molar-refractivity contribution in [1.29, 1.82) is 0 Å². The van der Waals surface area contributed by atoms with Crippen LogP contribution in [0.5, 0.6) is 0 Å². The Morgan fingerprint density at radius 3 is 2.87 bits per heavy atom. The van der Waals surface area contributed by atoms with Crippen molar-refractivity contribution in [2.24, 2.45) is 4.99 Å². The zero-order valence-electron chi connectivity index (χ0n) is 8.95. The van der Waals surface area contributed by atoms with Crippen LogP contribution in [0.15, 0.2) is 16.4 Å². The lowest BCUT2D eigenvalue weighted by atomic mass is 10.2. The Bertz CT molecular complexity index is 330. The van der Waals surface area contributed by atoms with Crippen LogP contribution in [-0.2, 0) is 14.3 Å². The van der Waals surface area contributed by atoms with Crippen LogP contribution in [0.25, 0.3) is 0 Å². The van der Waals surface area contributed by atoms with Crippen LogP contribution in [0.4, 0.5) is 0 Å². The van der Waals surface area contributed by atoms with Crippen LogP contribution in [0.3, 0.4) is 0 Å². The Morgan fingerprint density at radius 1 is 1.67 bits per heavy atom. The van der Waals surface area contributed by atoms with Crippen molar-refractivity contribution in [2.45, 2.75) is 19.8 Å². The number of carbonyl (C=O) groups is 1. The highest BCUT2D eigenvalue weighted by molar-refractivity contribution is 5.89. The SMILES string of the molecule is CCOC(=O)C(N=C=O)=C1CCCN1C. The maximum atomic E-state index is 11.5. The van der Waals surface area contributed by atoms with E-state index in [1.54, 1.807) is 6.92 Å². The third-order valence-corrected chi connectivity index (χ3v) is 2.27. The van der Waals surface area contributed by atoms with Crippen molar-refractivity contribution in [3.8, 4) is 0 Å². The van der Waals surface area contributed by atoms with Gasteiger partial charge in [0.05, 0.1) is 6.61 Å². The molecule has 0 aromatic rings. The van der Waals surface area contributed by atoms with E-state index in [2.05, 4.69) is 4.99 Å². The van der Waals surface area contributed by atoms with Gasteiger partial charge in [-0.3, -0.25) is 0 Å². The Morgan fingerprint density at radius 2 is 2.40 bits per heavy atom. The van der Waals surface area contributed by atoms with Crippen molar-refractivity contribution in [2.75, 3.05) is 20.2 Å². The molecule has 0 amide bonds. The number of rotatable bonds is 3. The first kappa shape index (κ1) is 11.5. The quantitative estimate of drug-likeness (QED) is 0.299. The predicted molar refractivity (Wildman–Crippen MR) is 53.6 cm³/mol. The van der Waals surface area contributed by atoms with E-state index in [0.717, 1.165) is 25.1 Å². The number of ether oxygens (including phenoxy) is 1. The molecule has 82 valence electrons. The van der Waals surface area contributed by atoms with Crippen LogP contribution in [0.2, 0.25) is 0 Å². The predicted octanol–water partition coefficient (Wildman–Crippen LogP) is 0.823. The Hall–Kier alpha value is -1.61. The normalized spacial score (nSPS) is 18.4. The number of hydrogen-bond donors (Lipinski definition) is 0. The van der Waals surface area contributed by atoms with Crippen molar-refractivity contribution in [3.63, 3.8) is 0 Å². The van der Waals surface area contributed by atoms with Gasteiger partial charge in [0.2, 0.25) is 6.08 Å². The maximum Gasteiger partial charge on any atom is 0.359 e. The molecule has 0 atom stereocenters. The van der Waals surface area contributed by atoms with E-state index in [0.29, 0.717) is 0 Å². The first-order valence-corrected chi connectivity index (χ1v) is 4.90. The largest absolute Gasteiger partial charge is 0.461 e. The minimum atomic E-state index is -0.551. The summed E-state index contributed by atoms with van der Waals surface area (Å²) in [6, 6.07) is 0. The first-order chi connectivity index (χ1) is 7.20. The summed E-state index contributed by atoms with van der Waals surface area (Å²) in [5, 5.41) is 0. The molecule has 5 heteroatoms. The monoisotopic (exact) mass is 210 g/mol. The first-order valence-electron chi connectivity index (χ1n) is 4.90. The molecule has 0 aromatic heterocycles. The molecule has 0 aliphatic carbocycles. The Balaban J connectivity index is 2.99. The van der Waals surface area contributed by atoms with Crippen LogP contribution in [0, 0.1) is 0 Å². The summed E-state index contributed by atoms with van der Waals surface area (Å²) in [5.74, 6) is -0.551. The van der Waals surface area contributed by atoms with Crippen molar-refractivity contribution in [1.82, 2.24) is 4.90 Å². The summed E-state index contributed by atoms with van der Waals surface area (Å²) in [5.41, 5.74) is 0.851. The molecule has 0 spiro atoms. The van der Waals surface area contributed by atoms with Crippen molar-refractivity contribution >= 4 is 12.0 Å². The van der Waals surface area contributed by atoms with Gasteiger partial charge in [-0.25, -0.2) is 9.59 Å². The van der Waals surface area contributed by atoms with Crippen LogP contribution < -0.4 is 0 Å². The molecule has 5 nitrogen and oxygen atoms in total. The fourth-order valence-electron chi connectivity index (χ4n) is 1.58. The molecule has 0 N–H and O–H groups in total. The second-order valence-corrected chi connectivity index (χ2v) is 3.24. The molecule has 1 rings (SSSR count). The standard InChI is InChI=1S/C10H14N2O3/c1-3-15-10(14)9(11-7-13)8-5-4-6-12(8)2/h3-6H2,1-2H3. The second-order valence-electron chi connectivity index (χ2n) is 3.24. The van der Waals surface area contributed by atoms with Gasteiger partial charge in [-0.05, 0) is 19.8 Å². The molecule has 1 saturated heterocycles. The summed E-state index contributed by atoms with van der Waals surface area (Å²) >= 11 is 0. The average molecular weight is 210 g/mol. The van der Waals surface area contributed by atoms with Gasteiger partial charge in [-0.1, -0.05) is 0 Å². The zero-order chi connectivity index (χ0) is 11.3. The summed E-state index contributed by atoms with van der Waals surface area (Å²) in [6.07, 6.45) is 3.10. The number of allylic oxidation sites excluding steroid dienone is 1. The van der Waals surface area contributed by atoms with Crippen LogP contribution >= 0.6 is 0 Å². The fraction of sp³-hybridized carbons (Fsp3) is 0.600. The van der Waals surface area contributed by atoms with Gasteiger partial charge in [0.15, 0.2) is 5.70 Å². The lowest BCUT2D eigenvalue weighted by molar-refractivity contribution is -0.138. The van der Waals surface area contributed by atoms with E-state index in [9.17, 15) is 9.59 Å². The summed E-state index contributed by atoms with van der Waals surface area (Å²) in [7, 11) is 1.86. The molecule has 0 bridgehead atoms. The third-order valence-electron chi connectivity index (χ3n) is 2.27. The molecular formula is C10H14N2O3. The highest BCUT2D eigenvalue weighted by Gasteiger charge is 2.23. The number of aliphatic imine (C=N–C) groups is 1. The molecule has 15 heavy (non-hydrogen) atoms.